The summed E-state index contributed by atoms with van der Waals surface area (Å²) in [6.07, 6.45) is 49.8. The molecule has 0 aromatic rings. The number of carbonyl (C=O) groups excluding carboxylic acids is 1. The summed E-state index contributed by atoms with van der Waals surface area (Å²) in [4.78, 5) is 12.3. The average Bonchev–Trinajstić information content (AvgIpc) is 3.03. The van der Waals surface area contributed by atoms with E-state index in [0.29, 0.717) is 6.42 Å². The predicted octanol–water partition coefficient (Wildman–Crippen LogP) is 13.5. The van der Waals surface area contributed by atoms with E-state index in [1.54, 1.807) is 0 Å². The monoisotopic (exact) mass is 632 g/mol. The van der Waals surface area contributed by atoms with Crippen molar-refractivity contribution in [1.82, 2.24) is 5.32 Å². The molecule has 0 aromatic carbocycles. The highest BCUT2D eigenvalue weighted by molar-refractivity contribution is 5.76. The van der Waals surface area contributed by atoms with Gasteiger partial charge >= 0.3 is 0 Å². The molecule has 0 unspecified atom stereocenters. The van der Waals surface area contributed by atoms with Crippen LogP contribution in [0.15, 0.2) is 24.3 Å². The van der Waals surface area contributed by atoms with Crippen molar-refractivity contribution in [3.63, 3.8) is 0 Å². The standard InChI is InChI=1S/C42H81NO2/c1-4-6-8-10-12-14-16-18-19-20-21-22-23-24-25-27-29-31-33-35-37-39-42(45)43-40(3)41(44)38-36-34-32-30-28-26-17-15-13-11-9-7-5-2/h18-19,36,38,40-41,44H,4-17,20-35,37,39H2,1-3H3,(H,43,45)/b19-18?,38-36+/t40-,41+/m0/s1. The van der Waals surface area contributed by atoms with Crippen LogP contribution >= 0.6 is 0 Å². The molecule has 3 heteroatoms. The predicted molar refractivity (Wildman–Crippen MR) is 201 cm³/mol. The van der Waals surface area contributed by atoms with Crippen LogP contribution in [-0.2, 0) is 4.79 Å². The van der Waals surface area contributed by atoms with Gasteiger partial charge in [-0.2, -0.15) is 0 Å². The minimum absolute atomic E-state index is 0.0774. The molecular formula is C42H81NO2. The fourth-order valence-corrected chi connectivity index (χ4v) is 6.16. The minimum atomic E-state index is -0.599. The number of aliphatic hydroxyl groups is 1. The molecule has 0 aliphatic carbocycles. The van der Waals surface area contributed by atoms with Crippen molar-refractivity contribution in [2.24, 2.45) is 0 Å². The second kappa shape index (κ2) is 37.4. The van der Waals surface area contributed by atoms with Crippen molar-refractivity contribution in [1.29, 1.82) is 0 Å². The number of hydrogen-bond acceptors (Lipinski definition) is 2. The highest BCUT2D eigenvalue weighted by Gasteiger charge is 2.13. The molecule has 0 spiro atoms. The third-order valence-electron chi connectivity index (χ3n) is 9.37. The second-order valence-corrected chi connectivity index (χ2v) is 14.1. The van der Waals surface area contributed by atoms with Gasteiger partial charge in [-0.3, -0.25) is 4.79 Å². The lowest BCUT2D eigenvalue weighted by atomic mass is 10.0. The summed E-state index contributed by atoms with van der Waals surface area (Å²) in [6, 6.07) is -0.225. The van der Waals surface area contributed by atoms with Crippen LogP contribution in [0.4, 0.5) is 0 Å². The number of nitrogens with one attached hydrogen (secondary N) is 1. The molecular weight excluding hydrogens is 550 g/mol. The molecule has 0 bridgehead atoms. The Hall–Kier alpha value is -1.09. The van der Waals surface area contributed by atoms with E-state index in [1.165, 1.54) is 180 Å². The van der Waals surface area contributed by atoms with Crippen LogP contribution in [0.5, 0.6) is 0 Å². The first-order chi connectivity index (χ1) is 22.1. The molecule has 0 radical (unpaired) electrons. The Morgan fingerprint density at radius 3 is 1.18 bits per heavy atom. The van der Waals surface area contributed by atoms with Crippen LogP contribution in [0.3, 0.4) is 0 Å². The maximum atomic E-state index is 12.3. The van der Waals surface area contributed by atoms with Gasteiger partial charge in [-0.05, 0) is 51.9 Å². The van der Waals surface area contributed by atoms with Crippen molar-refractivity contribution in [2.45, 2.75) is 238 Å². The zero-order valence-electron chi connectivity index (χ0n) is 30.9. The van der Waals surface area contributed by atoms with E-state index < -0.39 is 6.10 Å². The van der Waals surface area contributed by atoms with Crippen LogP contribution in [0.25, 0.3) is 0 Å². The maximum Gasteiger partial charge on any atom is 0.220 e. The molecule has 0 heterocycles. The van der Waals surface area contributed by atoms with Gasteiger partial charge in [0.2, 0.25) is 5.91 Å². The Labute approximate surface area is 283 Å². The molecule has 0 saturated carbocycles. The van der Waals surface area contributed by atoms with Gasteiger partial charge in [-0.1, -0.05) is 192 Å². The molecule has 0 aliphatic heterocycles. The molecule has 266 valence electrons. The zero-order valence-corrected chi connectivity index (χ0v) is 30.9. The molecule has 2 atom stereocenters. The van der Waals surface area contributed by atoms with E-state index in [1.807, 2.05) is 13.0 Å². The van der Waals surface area contributed by atoms with Crippen LogP contribution < -0.4 is 5.32 Å². The van der Waals surface area contributed by atoms with Crippen LogP contribution in [0.2, 0.25) is 0 Å². The lowest BCUT2D eigenvalue weighted by Crippen LogP contribution is -2.40. The third kappa shape index (κ3) is 35.6. The molecule has 1 amide bonds. The SMILES string of the molecule is CCCCCCCCC=CCCCCCCCCCCCCCC(=O)N[C@@H](C)[C@H](O)/C=C/CCCCCCCCCCCCC. The topological polar surface area (TPSA) is 49.3 Å². The lowest BCUT2D eigenvalue weighted by Gasteiger charge is -2.17. The first-order valence-electron chi connectivity index (χ1n) is 20.4. The highest BCUT2D eigenvalue weighted by Crippen LogP contribution is 2.14. The number of amides is 1. The molecule has 3 nitrogen and oxygen atoms in total. The summed E-state index contributed by atoms with van der Waals surface area (Å²) in [5.74, 6) is 0.0774. The maximum absolute atomic E-state index is 12.3. The average molecular weight is 632 g/mol. The third-order valence-corrected chi connectivity index (χ3v) is 9.37. The lowest BCUT2D eigenvalue weighted by molar-refractivity contribution is -0.122. The minimum Gasteiger partial charge on any atom is -0.387 e. The molecule has 45 heavy (non-hydrogen) atoms. The molecule has 0 fully saturated rings. The van der Waals surface area contributed by atoms with Gasteiger partial charge in [-0.15, -0.1) is 0 Å². The van der Waals surface area contributed by atoms with E-state index in [4.69, 9.17) is 0 Å². The van der Waals surface area contributed by atoms with E-state index in [-0.39, 0.29) is 11.9 Å². The molecule has 0 aromatic heterocycles. The van der Waals surface area contributed by atoms with Crippen molar-refractivity contribution < 1.29 is 9.90 Å². The zero-order chi connectivity index (χ0) is 32.9. The number of carbonyl (C=O) groups is 1. The quantitative estimate of drug-likeness (QED) is 0.0534. The van der Waals surface area contributed by atoms with E-state index in [9.17, 15) is 9.90 Å². The Balaban J connectivity index is 3.44. The highest BCUT2D eigenvalue weighted by atomic mass is 16.3. The summed E-state index contributed by atoms with van der Waals surface area (Å²) >= 11 is 0. The number of rotatable bonds is 36. The summed E-state index contributed by atoms with van der Waals surface area (Å²) in [5.41, 5.74) is 0. The van der Waals surface area contributed by atoms with Gasteiger partial charge < -0.3 is 10.4 Å². The van der Waals surface area contributed by atoms with Crippen LogP contribution in [0.1, 0.15) is 226 Å². The largest absolute Gasteiger partial charge is 0.387 e. The number of unbranched alkanes of at least 4 members (excludes halogenated alkanes) is 28. The van der Waals surface area contributed by atoms with E-state index in [2.05, 4.69) is 37.4 Å². The Bertz CT molecular complexity index is 643. The van der Waals surface area contributed by atoms with Crippen molar-refractivity contribution in [3.8, 4) is 0 Å². The van der Waals surface area contributed by atoms with Crippen molar-refractivity contribution in [3.05, 3.63) is 24.3 Å². The summed E-state index contributed by atoms with van der Waals surface area (Å²) in [7, 11) is 0. The fourth-order valence-electron chi connectivity index (χ4n) is 6.16. The van der Waals surface area contributed by atoms with Gasteiger partial charge in [0.15, 0.2) is 0 Å². The van der Waals surface area contributed by atoms with Crippen molar-refractivity contribution in [2.75, 3.05) is 0 Å². The van der Waals surface area contributed by atoms with Gasteiger partial charge in [0.05, 0.1) is 12.1 Å². The van der Waals surface area contributed by atoms with Crippen LogP contribution in [-0.4, -0.2) is 23.2 Å². The van der Waals surface area contributed by atoms with Crippen LogP contribution in [0, 0.1) is 0 Å². The molecule has 2 N–H and O–H groups in total. The second-order valence-electron chi connectivity index (χ2n) is 14.1. The Kier molecular flexibility index (Phi) is 36.5. The van der Waals surface area contributed by atoms with Gasteiger partial charge in [0, 0.05) is 6.42 Å². The number of aliphatic hydroxyl groups excluding tert-OH is 1. The molecule has 0 rings (SSSR count). The van der Waals surface area contributed by atoms with Gasteiger partial charge in [-0.25, -0.2) is 0 Å². The van der Waals surface area contributed by atoms with E-state index >= 15 is 0 Å². The van der Waals surface area contributed by atoms with E-state index in [0.717, 1.165) is 19.3 Å². The van der Waals surface area contributed by atoms with Crippen molar-refractivity contribution >= 4 is 5.91 Å². The summed E-state index contributed by atoms with van der Waals surface area (Å²) in [6.45, 7) is 6.47. The Morgan fingerprint density at radius 2 is 0.800 bits per heavy atom. The van der Waals surface area contributed by atoms with Gasteiger partial charge in [0.1, 0.15) is 0 Å². The molecule has 0 aliphatic rings. The number of allylic oxidation sites excluding steroid dienone is 3. The normalized spacial score (nSPS) is 13.2. The summed E-state index contributed by atoms with van der Waals surface area (Å²) < 4.78 is 0. The van der Waals surface area contributed by atoms with Gasteiger partial charge in [0.25, 0.3) is 0 Å². The number of hydrogen-bond donors (Lipinski definition) is 2. The molecule has 0 saturated heterocycles. The fraction of sp³-hybridized carbons (Fsp3) is 0.881. The Morgan fingerprint density at radius 1 is 0.489 bits per heavy atom. The summed E-state index contributed by atoms with van der Waals surface area (Å²) in [5, 5.41) is 13.4. The smallest absolute Gasteiger partial charge is 0.220 e. The first kappa shape index (κ1) is 43.9. The first-order valence-corrected chi connectivity index (χ1v) is 20.4.